The smallest absolute Gasteiger partial charge is 0.347 e. The summed E-state index contributed by atoms with van der Waals surface area (Å²) in [6.45, 7) is 1.81. The van der Waals surface area contributed by atoms with Crippen molar-refractivity contribution in [2.75, 3.05) is 5.88 Å². The molecule has 13 heavy (non-hydrogen) atoms. The second kappa shape index (κ2) is 4.58. The number of hydrogen-bond acceptors (Lipinski definition) is 3. The summed E-state index contributed by atoms with van der Waals surface area (Å²) in [5.74, 6) is -0.356. The molecular weight excluding hydrogens is 210 g/mol. The van der Waals surface area contributed by atoms with E-state index in [-0.39, 0.29) is 0 Å². The molecule has 1 rings (SSSR count). The molecule has 0 aliphatic rings. The molecule has 0 bridgehead atoms. The summed E-state index contributed by atoms with van der Waals surface area (Å²) < 4.78 is 0. The van der Waals surface area contributed by atoms with E-state index in [1.807, 2.05) is 0 Å². The van der Waals surface area contributed by atoms with Crippen molar-refractivity contribution >= 4 is 28.9 Å². The van der Waals surface area contributed by atoms with Gasteiger partial charge in [0.15, 0.2) is 0 Å². The summed E-state index contributed by atoms with van der Waals surface area (Å²) in [4.78, 5) is 15.2. The van der Waals surface area contributed by atoms with Gasteiger partial charge in [-0.2, -0.15) is 0 Å². The number of halogens is 1. The van der Waals surface area contributed by atoms with Crippen LogP contribution in [0.5, 0.6) is 0 Å². The van der Waals surface area contributed by atoms with Crippen molar-refractivity contribution in [2.45, 2.75) is 19.8 Å². The van der Waals surface area contributed by atoms with Crippen LogP contribution in [-0.2, 0) is 6.42 Å². The van der Waals surface area contributed by atoms with Gasteiger partial charge in [-0.15, -0.1) is 22.9 Å². The van der Waals surface area contributed by atoms with Crippen molar-refractivity contribution in [3.8, 4) is 0 Å². The largest absolute Gasteiger partial charge is 0.477 e. The molecule has 0 amide bonds. The summed E-state index contributed by atoms with van der Waals surface area (Å²) >= 11 is 6.74. The minimum atomic E-state index is -0.893. The molecule has 0 aromatic carbocycles. The van der Waals surface area contributed by atoms with Crippen LogP contribution in [0.1, 0.15) is 26.8 Å². The van der Waals surface area contributed by atoms with Gasteiger partial charge in [0, 0.05) is 5.88 Å². The fourth-order valence-electron chi connectivity index (χ4n) is 1.04. The van der Waals surface area contributed by atoms with Gasteiger partial charge in [0.1, 0.15) is 4.88 Å². The van der Waals surface area contributed by atoms with E-state index in [0.29, 0.717) is 22.9 Å². The molecule has 0 radical (unpaired) electrons. The first-order chi connectivity index (χ1) is 6.15. The summed E-state index contributed by atoms with van der Waals surface area (Å²) in [7, 11) is 0. The second-order valence-corrected chi connectivity index (χ2v) is 4.19. The van der Waals surface area contributed by atoms with Crippen LogP contribution in [0.25, 0.3) is 0 Å². The van der Waals surface area contributed by atoms with E-state index in [1.165, 1.54) is 11.3 Å². The quantitative estimate of drug-likeness (QED) is 0.791. The van der Waals surface area contributed by atoms with Gasteiger partial charge in [0.25, 0.3) is 0 Å². The molecule has 0 spiro atoms. The van der Waals surface area contributed by atoms with Crippen LogP contribution >= 0.6 is 22.9 Å². The second-order valence-electron chi connectivity index (χ2n) is 2.61. The number of alkyl halides is 1. The van der Waals surface area contributed by atoms with Crippen molar-refractivity contribution in [3.05, 3.63) is 15.6 Å². The molecule has 72 valence electrons. The lowest BCUT2D eigenvalue weighted by Gasteiger charge is -1.94. The van der Waals surface area contributed by atoms with Gasteiger partial charge < -0.3 is 5.11 Å². The number of hydrogen-bond donors (Lipinski definition) is 1. The Morgan fingerprint density at radius 2 is 2.38 bits per heavy atom. The maximum Gasteiger partial charge on any atom is 0.347 e. The zero-order valence-corrected chi connectivity index (χ0v) is 8.78. The molecule has 0 saturated carbocycles. The number of aromatic carboxylic acids is 1. The minimum Gasteiger partial charge on any atom is -0.477 e. The molecule has 5 heteroatoms. The van der Waals surface area contributed by atoms with Crippen molar-refractivity contribution in [1.29, 1.82) is 0 Å². The van der Waals surface area contributed by atoms with E-state index in [9.17, 15) is 4.79 Å². The standard InChI is InChI=1S/C8H10ClNO2S/c1-5-10-6(3-2-4-9)7(13-5)8(11)12/h2-4H2,1H3,(H,11,12). The SMILES string of the molecule is Cc1nc(CCCCl)c(C(=O)O)s1. The Bertz CT molecular complexity index is 311. The number of aryl methyl sites for hydroxylation is 2. The Morgan fingerprint density at radius 1 is 1.69 bits per heavy atom. The molecule has 0 saturated heterocycles. The molecule has 1 N–H and O–H groups in total. The Hall–Kier alpha value is -0.610. The number of carboxylic acids is 1. The maximum atomic E-state index is 10.7. The Kier molecular flexibility index (Phi) is 3.69. The first kappa shape index (κ1) is 10.5. The molecular formula is C8H10ClNO2S. The van der Waals surface area contributed by atoms with E-state index in [1.54, 1.807) is 6.92 Å². The van der Waals surface area contributed by atoms with Crippen LogP contribution in [0.3, 0.4) is 0 Å². The zero-order chi connectivity index (χ0) is 9.84. The lowest BCUT2D eigenvalue weighted by Crippen LogP contribution is -1.99. The summed E-state index contributed by atoms with van der Waals surface area (Å²) in [5, 5.41) is 9.61. The van der Waals surface area contributed by atoms with E-state index in [4.69, 9.17) is 16.7 Å². The van der Waals surface area contributed by atoms with Crippen LogP contribution in [0, 0.1) is 6.92 Å². The van der Waals surface area contributed by atoms with E-state index in [2.05, 4.69) is 4.98 Å². The van der Waals surface area contributed by atoms with Crippen LogP contribution in [0.4, 0.5) is 0 Å². The summed E-state index contributed by atoms with van der Waals surface area (Å²) in [6, 6.07) is 0. The van der Waals surface area contributed by atoms with Crippen LogP contribution in [-0.4, -0.2) is 21.9 Å². The van der Waals surface area contributed by atoms with Crippen LogP contribution in [0.15, 0.2) is 0 Å². The van der Waals surface area contributed by atoms with E-state index >= 15 is 0 Å². The lowest BCUT2D eigenvalue weighted by molar-refractivity contribution is 0.0700. The highest BCUT2D eigenvalue weighted by atomic mass is 35.5. The number of rotatable bonds is 4. The molecule has 1 aromatic rings. The number of carbonyl (C=O) groups is 1. The third-order valence-electron chi connectivity index (χ3n) is 1.55. The Labute approximate surface area is 85.4 Å². The molecule has 0 atom stereocenters. The van der Waals surface area contributed by atoms with Gasteiger partial charge in [-0.25, -0.2) is 9.78 Å². The predicted molar refractivity (Wildman–Crippen MR) is 52.9 cm³/mol. The lowest BCUT2D eigenvalue weighted by atomic mass is 10.2. The number of nitrogens with zero attached hydrogens (tertiary/aromatic N) is 1. The fraction of sp³-hybridized carbons (Fsp3) is 0.500. The highest BCUT2D eigenvalue weighted by molar-refractivity contribution is 7.13. The molecule has 1 heterocycles. The van der Waals surface area contributed by atoms with Crippen molar-refractivity contribution in [3.63, 3.8) is 0 Å². The Morgan fingerprint density at radius 3 is 2.92 bits per heavy atom. The van der Waals surface area contributed by atoms with Gasteiger partial charge >= 0.3 is 5.97 Å². The fourth-order valence-corrected chi connectivity index (χ4v) is 1.98. The number of carboxylic acid groups (broad SMARTS) is 1. The van der Waals surface area contributed by atoms with Gasteiger partial charge in [0.05, 0.1) is 10.7 Å². The molecule has 0 unspecified atom stereocenters. The number of aromatic nitrogens is 1. The third-order valence-corrected chi connectivity index (χ3v) is 2.81. The topological polar surface area (TPSA) is 50.2 Å². The van der Waals surface area contributed by atoms with Gasteiger partial charge in [0.2, 0.25) is 0 Å². The maximum absolute atomic E-state index is 10.7. The highest BCUT2D eigenvalue weighted by Crippen LogP contribution is 2.19. The summed E-state index contributed by atoms with van der Waals surface area (Å²) in [6.07, 6.45) is 1.42. The first-order valence-corrected chi connectivity index (χ1v) is 5.26. The average molecular weight is 220 g/mol. The van der Waals surface area contributed by atoms with Gasteiger partial charge in [-0.05, 0) is 19.8 Å². The van der Waals surface area contributed by atoms with Crippen LogP contribution in [0.2, 0.25) is 0 Å². The zero-order valence-electron chi connectivity index (χ0n) is 7.21. The monoisotopic (exact) mass is 219 g/mol. The number of thiazole rings is 1. The average Bonchev–Trinajstić information content (AvgIpc) is 2.43. The summed E-state index contributed by atoms with van der Waals surface area (Å²) in [5.41, 5.74) is 0.663. The molecule has 0 aliphatic carbocycles. The van der Waals surface area contributed by atoms with Gasteiger partial charge in [-0.1, -0.05) is 0 Å². The normalized spacial score (nSPS) is 10.3. The van der Waals surface area contributed by atoms with E-state index in [0.717, 1.165) is 11.4 Å². The van der Waals surface area contributed by atoms with Gasteiger partial charge in [-0.3, -0.25) is 0 Å². The molecule has 0 fully saturated rings. The van der Waals surface area contributed by atoms with Crippen molar-refractivity contribution in [2.24, 2.45) is 0 Å². The van der Waals surface area contributed by atoms with Crippen LogP contribution < -0.4 is 0 Å². The molecule has 1 aromatic heterocycles. The third kappa shape index (κ3) is 2.67. The van der Waals surface area contributed by atoms with Crippen molar-refractivity contribution < 1.29 is 9.90 Å². The van der Waals surface area contributed by atoms with Crippen molar-refractivity contribution in [1.82, 2.24) is 4.98 Å². The molecule has 3 nitrogen and oxygen atoms in total. The first-order valence-electron chi connectivity index (χ1n) is 3.90. The van der Waals surface area contributed by atoms with E-state index < -0.39 is 5.97 Å². The Balaban J connectivity index is 2.84. The molecule has 0 aliphatic heterocycles. The highest BCUT2D eigenvalue weighted by Gasteiger charge is 2.14. The minimum absolute atomic E-state index is 0.350. The predicted octanol–water partition coefficient (Wildman–Crippen LogP) is 2.32.